The summed E-state index contributed by atoms with van der Waals surface area (Å²) < 4.78 is 34.1. The van der Waals surface area contributed by atoms with Crippen molar-refractivity contribution < 1.29 is 27.1 Å². The van der Waals surface area contributed by atoms with Crippen molar-refractivity contribution in [1.29, 1.82) is 0 Å². The molecular formula is C15H16N2O7S. The number of rotatable bonds is 6. The molecule has 1 aromatic carbocycles. The third kappa shape index (κ3) is 4.91. The number of cyclic esters (lactones) is 1. The van der Waals surface area contributed by atoms with E-state index in [1.807, 2.05) is 6.92 Å². The molecule has 1 aliphatic rings. The van der Waals surface area contributed by atoms with Crippen molar-refractivity contribution in [3.8, 4) is 11.8 Å². The van der Waals surface area contributed by atoms with Crippen molar-refractivity contribution in [3.05, 3.63) is 34.4 Å². The van der Waals surface area contributed by atoms with Crippen LogP contribution in [0.4, 0.5) is 10.5 Å². The van der Waals surface area contributed by atoms with Gasteiger partial charge in [-0.25, -0.2) is 4.79 Å². The smallest absolute Gasteiger partial charge is 0.411 e. The first-order valence-corrected chi connectivity index (χ1v) is 8.79. The maximum atomic E-state index is 12.1. The predicted molar refractivity (Wildman–Crippen MR) is 86.1 cm³/mol. The highest BCUT2D eigenvalue weighted by molar-refractivity contribution is 7.86. The van der Waals surface area contributed by atoms with Crippen LogP contribution >= 0.6 is 0 Å². The summed E-state index contributed by atoms with van der Waals surface area (Å²) in [5, 5.41) is 10.6. The molecule has 9 nitrogen and oxygen atoms in total. The number of amides is 1. The number of hydrogen-bond donors (Lipinski definition) is 0. The highest BCUT2D eigenvalue weighted by atomic mass is 32.2. The van der Waals surface area contributed by atoms with Gasteiger partial charge in [-0.1, -0.05) is 12.8 Å². The molecule has 25 heavy (non-hydrogen) atoms. The highest BCUT2D eigenvalue weighted by Crippen LogP contribution is 2.19. The predicted octanol–water partition coefficient (Wildman–Crippen LogP) is 1.53. The van der Waals surface area contributed by atoms with Crippen molar-refractivity contribution in [3.63, 3.8) is 0 Å². The molecule has 1 saturated heterocycles. The first kappa shape index (κ1) is 18.7. The van der Waals surface area contributed by atoms with Crippen LogP contribution in [0.2, 0.25) is 0 Å². The maximum absolute atomic E-state index is 12.1. The summed E-state index contributed by atoms with van der Waals surface area (Å²) in [6.45, 7) is 1.92. The lowest BCUT2D eigenvalue weighted by Gasteiger charge is -2.10. The van der Waals surface area contributed by atoms with Crippen molar-refractivity contribution in [2.24, 2.45) is 0 Å². The van der Waals surface area contributed by atoms with E-state index in [2.05, 4.69) is 11.8 Å². The molecule has 1 atom stereocenters. The summed E-state index contributed by atoms with van der Waals surface area (Å²) in [7, 11) is -4.11. The van der Waals surface area contributed by atoms with E-state index in [0.717, 1.165) is 24.3 Å². The molecule has 10 heteroatoms. The lowest BCUT2D eigenvalue weighted by molar-refractivity contribution is -0.384. The number of carbonyl (C=O) groups is 1. The lowest BCUT2D eigenvalue weighted by atomic mass is 10.3. The number of non-ortho nitro benzene ring substituents is 1. The minimum Gasteiger partial charge on any atom is -0.442 e. The van der Waals surface area contributed by atoms with Gasteiger partial charge in [-0.2, -0.15) is 8.42 Å². The maximum Gasteiger partial charge on any atom is 0.411 e. The van der Waals surface area contributed by atoms with E-state index >= 15 is 0 Å². The van der Waals surface area contributed by atoms with E-state index in [1.165, 1.54) is 4.90 Å². The van der Waals surface area contributed by atoms with Crippen LogP contribution in [0.25, 0.3) is 0 Å². The van der Waals surface area contributed by atoms with Crippen molar-refractivity contribution in [2.75, 3.05) is 19.7 Å². The first-order valence-electron chi connectivity index (χ1n) is 7.38. The number of nitro benzene ring substituents is 1. The summed E-state index contributed by atoms with van der Waals surface area (Å²) in [5.41, 5.74) is -0.229. The van der Waals surface area contributed by atoms with E-state index in [1.54, 1.807) is 0 Å². The SMILES string of the molecule is CCC#CCN1CC(COS(=O)(=O)c2ccc([N+](=O)[O-])cc2)OC1=O. The molecule has 1 aromatic rings. The number of nitrogens with zero attached hydrogens (tertiary/aromatic N) is 2. The second kappa shape index (κ2) is 7.96. The molecule has 0 saturated carbocycles. The topological polar surface area (TPSA) is 116 Å². The van der Waals surface area contributed by atoms with Crippen LogP contribution in [-0.4, -0.2) is 50.1 Å². The summed E-state index contributed by atoms with van der Waals surface area (Å²) >= 11 is 0. The molecule has 2 rings (SSSR count). The van der Waals surface area contributed by atoms with Crippen molar-refractivity contribution >= 4 is 21.9 Å². The molecule has 0 radical (unpaired) electrons. The number of nitro groups is 1. The molecule has 0 spiro atoms. The fourth-order valence-electron chi connectivity index (χ4n) is 2.03. The quantitative estimate of drug-likeness (QED) is 0.323. The van der Waals surface area contributed by atoms with Gasteiger partial charge in [-0.3, -0.25) is 19.2 Å². The lowest BCUT2D eigenvalue weighted by Crippen LogP contribution is -2.27. The van der Waals surface area contributed by atoms with Gasteiger partial charge < -0.3 is 4.74 Å². The molecular weight excluding hydrogens is 352 g/mol. The Bertz CT molecular complexity index is 809. The standard InChI is InChI=1S/C15H16N2O7S/c1-2-3-4-9-16-10-13(24-15(16)18)11-23-25(21,22)14-7-5-12(6-8-14)17(19)20/h5-8,13H,2,9-11H2,1H3. The molecule has 1 unspecified atom stereocenters. The van der Waals surface area contributed by atoms with Gasteiger partial charge in [0.1, 0.15) is 12.7 Å². The van der Waals surface area contributed by atoms with E-state index in [0.29, 0.717) is 6.42 Å². The third-order valence-corrected chi connectivity index (χ3v) is 4.56. The molecule has 0 aliphatic carbocycles. The minimum atomic E-state index is -4.11. The molecule has 0 bridgehead atoms. The van der Waals surface area contributed by atoms with Gasteiger partial charge in [-0.05, 0) is 12.1 Å². The van der Waals surface area contributed by atoms with E-state index in [-0.39, 0.29) is 30.3 Å². The number of carbonyl (C=O) groups excluding carboxylic acids is 1. The van der Waals surface area contributed by atoms with Gasteiger partial charge in [-0.15, -0.1) is 5.92 Å². The Morgan fingerprint density at radius 2 is 2.04 bits per heavy atom. The molecule has 0 aromatic heterocycles. The Morgan fingerprint density at radius 3 is 2.64 bits per heavy atom. The highest BCUT2D eigenvalue weighted by Gasteiger charge is 2.32. The summed E-state index contributed by atoms with van der Waals surface area (Å²) in [5.74, 6) is 5.63. The van der Waals surface area contributed by atoms with Gasteiger partial charge in [0, 0.05) is 18.6 Å². The zero-order chi connectivity index (χ0) is 18.4. The number of hydrogen-bond acceptors (Lipinski definition) is 7. The normalized spacial score (nSPS) is 16.9. The summed E-state index contributed by atoms with van der Waals surface area (Å²) in [4.78, 5) is 22.7. The Morgan fingerprint density at radius 1 is 1.36 bits per heavy atom. The molecule has 1 amide bonds. The summed E-state index contributed by atoms with van der Waals surface area (Å²) in [6, 6.07) is 4.31. The zero-order valence-electron chi connectivity index (χ0n) is 13.4. The first-order chi connectivity index (χ1) is 11.8. The van der Waals surface area contributed by atoms with Crippen LogP contribution in [0.15, 0.2) is 29.2 Å². The fourth-order valence-corrected chi connectivity index (χ4v) is 2.97. The minimum absolute atomic E-state index is 0.174. The Labute approximate surface area is 144 Å². The second-order valence-corrected chi connectivity index (χ2v) is 6.70. The van der Waals surface area contributed by atoms with E-state index in [9.17, 15) is 23.3 Å². The Kier molecular flexibility index (Phi) is 5.95. The van der Waals surface area contributed by atoms with Crippen molar-refractivity contribution in [1.82, 2.24) is 4.90 Å². The van der Waals surface area contributed by atoms with E-state index in [4.69, 9.17) is 8.92 Å². The van der Waals surface area contributed by atoms with Gasteiger partial charge in [0.05, 0.1) is 22.9 Å². The molecule has 134 valence electrons. The third-order valence-electron chi connectivity index (χ3n) is 3.27. The summed E-state index contributed by atoms with van der Waals surface area (Å²) in [6.07, 6.45) is -0.640. The molecule has 1 heterocycles. The van der Waals surface area contributed by atoms with Gasteiger partial charge in [0.15, 0.2) is 0 Å². The molecule has 1 fully saturated rings. The largest absolute Gasteiger partial charge is 0.442 e. The fraction of sp³-hybridized carbons (Fsp3) is 0.400. The van der Waals surface area contributed by atoms with Crippen LogP contribution in [0.1, 0.15) is 13.3 Å². The Balaban J connectivity index is 1.94. The van der Waals surface area contributed by atoms with Crippen LogP contribution in [-0.2, 0) is 19.0 Å². The molecule has 1 aliphatic heterocycles. The monoisotopic (exact) mass is 368 g/mol. The van der Waals surface area contributed by atoms with Crippen molar-refractivity contribution in [2.45, 2.75) is 24.3 Å². The van der Waals surface area contributed by atoms with Crippen LogP contribution in [0.5, 0.6) is 0 Å². The number of ether oxygens (including phenoxy) is 1. The average Bonchev–Trinajstić information content (AvgIpc) is 2.93. The van der Waals surface area contributed by atoms with Gasteiger partial charge in [0.2, 0.25) is 0 Å². The Hall–Kier alpha value is -2.64. The van der Waals surface area contributed by atoms with Gasteiger partial charge in [0.25, 0.3) is 15.8 Å². The second-order valence-electron chi connectivity index (χ2n) is 5.08. The average molecular weight is 368 g/mol. The zero-order valence-corrected chi connectivity index (χ0v) is 14.2. The number of benzene rings is 1. The van der Waals surface area contributed by atoms with Crippen LogP contribution < -0.4 is 0 Å². The van der Waals surface area contributed by atoms with Crippen LogP contribution in [0, 0.1) is 22.0 Å². The van der Waals surface area contributed by atoms with Gasteiger partial charge >= 0.3 is 6.09 Å². The molecule has 0 N–H and O–H groups in total. The van der Waals surface area contributed by atoms with E-state index < -0.39 is 27.2 Å². The van der Waals surface area contributed by atoms with Crippen LogP contribution in [0.3, 0.4) is 0 Å².